The normalized spacial score (nSPS) is 11.5. The minimum atomic E-state index is -0.0170. The number of nitrogens with one attached hydrogen (secondary N) is 1. The second-order valence-corrected chi connectivity index (χ2v) is 8.17. The minimum Gasteiger partial charge on any atom is -0.310 e. The van der Waals surface area contributed by atoms with Crippen LogP contribution in [0.1, 0.15) is 39.3 Å². The molecule has 2 heterocycles. The molecule has 7 heteroatoms. The third kappa shape index (κ3) is 5.67. The molecule has 0 fully saturated rings. The molecule has 0 unspecified atom stereocenters. The summed E-state index contributed by atoms with van der Waals surface area (Å²) >= 11 is 1.87. The topological polar surface area (TPSA) is 72.7 Å². The van der Waals surface area contributed by atoms with Crippen molar-refractivity contribution in [2.45, 2.75) is 45.3 Å². The molecule has 1 amide bonds. The van der Waals surface area contributed by atoms with Gasteiger partial charge in [0.05, 0.1) is 5.69 Å². The predicted octanol–water partition coefficient (Wildman–Crippen LogP) is 3.22. The van der Waals surface area contributed by atoms with E-state index in [2.05, 4.69) is 41.2 Å². The summed E-state index contributed by atoms with van der Waals surface area (Å²) in [4.78, 5) is 20.5. The number of hydrogen-bond acceptors (Lipinski definition) is 5. The van der Waals surface area contributed by atoms with Crippen molar-refractivity contribution in [2.75, 3.05) is 11.1 Å². The standard InChI is InChI=1S/C16H23N5OS/c1-12-11-13(21(20-12)15-17-8-6-9-18-15)19-14(22)7-5-10-23-16(2,3)4/h6,8-9,11H,5,7,10H2,1-4H3,(H,19,22). The van der Waals surface area contributed by atoms with Gasteiger partial charge < -0.3 is 5.32 Å². The van der Waals surface area contributed by atoms with Gasteiger partial charge in [-0.05, 0) is 25.2 Å². The highest BCUT2D eigenvalue weighted by Gasteiger charge is 2.13. The number of carbonyl (C=O) groups excluding carboxylic acids is 1. The van der Waals surface area contributed by atoms with E-state index in [0.717, 1.165) is 17.9 Å². The maximum absolute atomic E-state index is 12.1. The van der Waals surface area contributed by atoms with E-state index in [-0.39, 0.29) is 10.7 Å². The highest BCUT2D eigenvalue weighted by Crippen LogP contribution is 2.24. The maximum Gasteiger partial charge on any atom is 0.252 e. The summed E-state index contributed by atoms with van der Waals surface area (Å²) in [5, 5.41) is 7.24. The van der Waals surface area contributed by atoms with E-state index >= 15 is 0 Å². The molecule has 1 N–H and O–H groups in total. The van der Waals surface area contributed by atoms with E-state index in [1.807, 2.05) is 24.8 Å². The summed E-state index contributed by atoms with van der Waals surface area (Å²) in [5.41, 5.74) is 0.802. The van der Waals surface area contributed by atoms with E-state index in [1.54, 1.807) is 23.1 Å². The number of aromatic nitrogens is 4. The van der Waals surface area contributed by atoms with Gasteiger partial charge in [-0.1, -0.05) is 20.8 Å². The number of nitrogens with zero attached hydrogens (tertiary/aromatic N) is 4. The molecule has 0 aliphatic rings. The van der Waals surface area contributed by atoms with Gasteiger partial charge in [0.1, 0.15) is 5.82 Å². The molecule has 0 aromatic carbocycles. The lowest BCUT2D eigenvalue weighted by Crippen LogP contribution is -2.16. The van der Waals surface area contributed by atoms with Crippen LogP contribution in [0.5, 0.6) is 0 Å². The summed E-state index contributed by atoms with van der Waals surface area (Å²) in [6.07, 6.45) is 4.63. The van der Waals surface area contributed by atoms with Crippen molar-refractivity contribution in [1.29, 1.82) is 0 Å². The van der Waals surface area contributed by atoms with Crippen molar-refractivity contribution in [3.05, 3.63) is 30.2 Å². The predicted molar refractivity (Wildman–Crippen MR) is 94.0 cm³/mol. The molecule has 23 heavy (non-hydrogen) atoms. The van der Waals surface area contributed by atoms with E-state index in [9.17, 15) is 4.79 Å². The lowest BCUT2D eigenvalue weighted by Gasteiger charge is -2.17. The third-order valence-electron chi connectivity index (χ3n) is 2.92. The van der Waals surface area contributed by atoms with Gasteiger partial charge in [0.25, 0.3) is 5.95 Å². The molecule has 124 valence electrons. The summed E-state index contributed by atoms with van der Waals surface area (Å²) in [6.45, 7) is 8.41. The highest BCUT2D eigenvalue weighted by molar-refractivity contribution is 8.00. The fourth-order valence-corrected chi connectivity index (χ4v) is 2.86. The zero-order valence-electron chi connectivity index (χ0n) is 14.0. The summed E-state index contributed by atoms with van der Waals surface area (Å²) in [7, 11) is 0. The van der Waals surface area contributed by atoms with Crippen molar-refractivity contribution in [3.63, 3.8) is 0 Å². The molecule has 0 radical (unpaired) electrons. The van der Waals surface area contributed by atoms with Gasteiger partial charge in [0.2, 0.25) is 5.91 Å². The van der Waals surface area contributed by atoms with Crippen LogP contribution < -0.4 is 5.32 Å². The van der Waals surface area contributed by atoms with E-state index in [4.69, 9.17) is 0 Å². The monoisotopic (exact) mass is 333 g/mol. The summed E-state index contributed by atoms with van der Waals surface area (Å²) in [5.74, 6) is 2.00. The van der Waals surface area contributed by atoms with Crippen LogP contribution in [0.15, 0.2) is 24.5 Å². The average molecular weight is 333 g/mol. The summed E-state index contributed by atoms with van der Waals surface area (Å²) in [6, 6.07) is 3.56. The number of hydrogen-bond donors (Lipinski definition) is 1. The molecule has 0 saturated carbocycles. The van der Waals surface area contributed by atoms with E-state index in [0.29, 0.717) is 18.2 Å². The quantitative estimate of drug-likeness (QED) is 0.822. The fraction of sp³-hybridized carbons (Fsp3) is 0.500. The Morgan fingerprint density at radius 2 is 2.00 bits per heavy atom. The van der Waals surface area contributed by atoms with Crippen molar-refractivity contribution < 1.29 is 4.79 Å². The third-order valence-corrected chi connectivity index (χ3v) is 4.28. The highest BCUT2D eigenvalue weighted by atomic mass is 32.2. The van der Waals surface area contributed by atoms with Crippen LogP contribution in [0.2, 0.25) is 0 Å². The summed E-state index contributed by atoms with van der Waals surface area (Å²) < 4.78 is 1.79. The molecule has 2 rings (SSSR count). The number of carbonyl (C=O) groups is 1. The van der Waals surface area contributed by atoms with Crippen LogP contribution in [0, 0.1) is 6.92 Å². The smallest absolute Gasteiger partial charge is 0.252 e. The number of amides is 1. The van der Waals surface area contributed by atoms with Crippen molar-refractivity contribution in [1.82, 2.24) is 19.7 Å². The number of rotatable bonds is 6. The molecular formula is C16H23N5OS. The molecular weight excluding hydrogens is 310 g/mol. The first-order valence-electron chi connectivity index (χ1n) is 7.63. The number of anilines is 1. The molecule has 0 aliphatic carbocycles. The Hall–Kier alpha value is -1.89. The average Bonchev–Trinajstić information content (AvgIpc) is 2.84. The van der Waals surface area contributed by atoms with Crippen LogP contribution in [-0.4, -0.2) is 36.2 Å². The second-order valence-electron chi connectivity index (χ2n) is 6.24. The largest absolute Gasteiger partial charge is 0.310 e. The molecule has 0 saturated heterocycles. The maximum atomic E-state index is 12.1. The van der Waals surface area contributed by atoms with Crippen LogP contribution >= 0.6 is 11.8 Å². The van der Waals surface area contributed by atoms with Crippen LogP contribution in [0.3, 0.4) is 0 Å². The Kier molecular flexibility index (Phi) is 5.76. The Morgan fingerprint density at radius 1 is 1.30 bits per heavy atom. The van der Waals surface area contributed by atoms with Gasteiger partial charge in [0.15, 0.2) is 0 Å². The van der Waals surface area contributed by atoms with Gasteiger partial charge >= 0.3 is 0 Å². The lowest BCUT2D eigenvalue weighted by atomic mass is 10.3. The fourth-order valence-electron chi connectivity index (χ4n) is 1.96. The first-order chi connectivity index (χ1) is 10.8. The Bertz CT molecular complexity index is 648. The van der Waals surface area contributed by atoms with Crippen molar-refractivity contribution >= 4 is 23.5 Å². The number of thioether (sulfide) groups is 1. The second kappa shape index (κ2) is 7.59. The molecule has 2 aromatic heterocycles. The SMILES string of the molecule is Cc1cc(NC(=O)CCCSC(C)(C)C)n(-c2ncccn2)n1. The van der Waals surface area contributed by atoms with Gasteiger partial charge in [-0.2, -0.15) is 21.5 Å². The van der Waals surface area contributed by atoms with Crippen LogP contribution in [0.25, 0.3) is 5.95 Å². The molecule has 0 aliphatic heterocycles. The minimum absolute atomic E-state index is 0.0170. The van der Waals surface area contributed by atoms with Crippen molar-refractivity contribution in [2.24, 2.45) is 0 Å². The van der Waals surface area contributed by atoms with Gasteiger partial charge in [-0.25, -0.2) is 9.97 Å². The number of aryl methyl sites for hydroxylation is 1. The van der Waals surface area contributed by atoms with Crippen LogP contribution in [-0.2, 0) is 4.79 Å². The van der Waals surface area contributed by atoms with Crippen LogP contribution in [0.4, 0.5) is 5.82 Å². The Balaban J connectivity index is 1.94. The molecule has 2 aromatic rings. The van der Waals surface area contributed by atoms with Crippen molar-refractivity contribution in [3.8, 4) is 5.95 Å². The Morgan fingerprint density at radius 3 is 2.65 bits per heavy atom. The zero-order valence-corrected chi connectivity index (χ0v) is 14.9. The Labute approximate surface area is 141 Å². The van der Waals surface area contributed by atoms with Gasteiger partial charge in [-0.15, -0.1) is 0 Å². The molecule has 0 spiro atoms. The first kappa shape index (κ1) is 17.5. The molecule has 0 atom stereocenters. The first-order valence-corrected chi connectivity index (χ1v) is 8.61. The molecule has 6 nitrogen and oxygen atoms in total. The van der Waals surface area contributed by atoms with E-state index in [1.165, 1.54) is 0 Å². The zero-order chi connectivity index (χ0) is 16.9. The molecule has 0 bridgehead atoms. The lowest BCUT2D eigenvalue weighted by molar-refractivity contribution is -0.116. The van der Waals surface area contributed by atoms with E-state index < -0.39 is 0 Å². The van der Waals surface area contributed by atoms with Gasteiger partial charge in [-0.3, -0.25) is 4.79 Å². The van der Waals surface area contributed by atoms with Gasteiger partial charge in [0, 0.05) is 29.6 Å².